The summed E-state index contributed by atoms with van der Waals surface area (Å²) in [6, 6.07) is 10.2. The van der Waals surface area contributed by atoms with Crippen LogP contribution in [-0.2, 0) is 6.42 Å². The van der Waals surface area contributed by atoms with Crippen molar-refractivity contribution >= 4 is 17.2 Å². The minimum Gasteiger partial charge on any atom is -0.493 e. The minimum atomic E-state index is -0.464. The number of carbonyl (C=O) groups excluding carboxylic acids is 1. The van der Waals surface area contributed by atoms with Crippen LogP contribution in [0.4, 0.5) is 11.4 Å². The number of ketones is 1. The van der Waals surface area contributed by atoms with Gasteiger partial charge in [-0.3, -0.25) is 14.9 Å². The lowest BCUT2D eigenvalue weighted by Gasteiger charge is -2.20. The van der Waals surface area contributed by atoms with Crippen LogP contribution >= 0.6 is 0 Å². The van der Waals surface area contributed by atoms with Crippen LogP contribution in [0.25, 0.3) is 0 Å². The third-order valence-corrected chi connectivity index (χ3v) is 4.17. The summed E-state index contributed by atoms with van der Waals surface area (Å²) >= 11 is 0. The summed E-state index contributed by atoms with van der Waals surface area (Å²) in [7, 11) is 4.94. The molecule has 0 aliphatic rings. The molecule has 0 bridgehead atoms. The molecule has 7 nitrogen and oxygen atoms in total. The summed E-state index contributed by atoms with van der Waals surface area (Å²) in [4.78, 5) is 24.2. The molecular weight excluding hydrogens is 336 g/mol. The van der Waals surface area contributed by atoms with Gasteiger partial charge in [-0.15, -0.1) is 0 Å². The average molecular weight is 358 g/mol. The molecule has 0 unspecified atom stereocenters. The lowest BCUT2D eigenvalue weighted by Crippen LogP contribution is -2.21. The second kappa shape index (κ2) is 8.33. The molecule has 0 atom stereocenters. The van der Waals surface area contributed by atoms with Gasteiger partial charge in [0.05, 0.1) is 19.1 Å². The van der Waals surface area contributed by atoms with Crippen molar-refractivity contribution < 1.29 is 19.2 Å². The van der Waals surface area contributed by atoms with Crippen molar-refractivity contribution in [2.24, 2.45) is 0 Å². The number of ether oxygens (including phenoxy) is 2. The first kappa shape index (κ1) is 19.2. The highest BCUT2D eigenvalue weighted by atomic mass is 16.6. The molecule has 0 N–H and O–H groups in total. The Morgan fingerprint density at radius 1 is 1.12 bits per heavy atom. The van der Waals surface area contributed by atoms with Crippen LogP contribution in [0.15, 0.2) is 36.4 Å². The van der Waals surface area contributed by atoms with Crippen LogP contribution in [-0.4, -0.2) is 38.5 Å². The molecule has 26 heavy (non-hydrogen) atoms. The summed E-state index contributed by atoms with van der Waals surface area (Å²) < 4.78 is 10.5. The zero-order valence-electron chi connectivity index (χ0n) is 15.3. The lowest BCUT2D eigenvalue weighted by molar-refractivity contribution is -0.384. The molecule has 2 rings (SSSR count). The molecule has 2 aromatic carbocycles. The molecule has 0 saturated heterocycles. The Morgan fingerprint density at radius 2 is 1.81 bits per heavy atom. The zero-order valence-corrected chi connectivity index (χ0v) is 15.3. The minimum absolute atomic E-state index is 0.0764. The van der Waals surface area contributed by atoms with Gasteiger partial charge in [0.2, 0.25) is 0 Å². The summed E-state index contributed by atoms with van der Waals surface area (Å²) in [5.74, 6) is 1.09. The monoisotopic (exact) mass is 358 g/mol. The van der Waals surface area contributed by atoms with E-state index in [1.807, 2.05) is 18.2 Å². The highest BCUT2D eigenvalue weighted by molar-refractivity contribution is 5.95. The van der Waals surface area contributed by atoms with Crippen LogP contribution in [0, 0.1) is 10.1 Å². The Kier molecular flexibility index (Phi) is 6.16. The van der Waals surface area contributed by atoms with Gasteiger partial charge in [-0.2, -0.15) is 0 Å². The van der Waals surface area contributed by atoms with E-state index in [1.54, 1.807) is 38.3 Å². The number of likely N-dealkylation sites (N-methyl/N-ethyl adjacent to an activating group) is 1. The summed E-state index contributed by atoms with van der Waals surface area (Å²) in [5, 5.41) is 11.4. The van der Waals surface area contributed by atoms with Gasteiger partial charge in [-0.05, 0) is 43.2 Å². The molecule has 0 heterocycles. The van der Waals surface area contributed by atoms with Gasteiger partial charge in [-0.1, -0.05) is 6.07 Å². The third kappa shape index (κ3) is 4.30. The Bertz CT molecular complexity index is 820. The van der Waals surface area contributed by atoms with E-state index in [0.29, 0.717) is 35.7 Å². The molecule has 138 valence electrons. The molecule has 0 aliphatic heterocycles. The fourth-order valence-electron chi connectivity index (χ4n) is 2.66. The molecule has 0 aliphatic carbocycles. The Morgan fingerprint density at radius 3 is 2.38 bits per heavy atom. The second-order valence-electron chi connectivity index (χ2n) is 5.88. The number of methoxy groups -OCH3 is 2. The van der Waals surface area contributed by atoms with Gasteiger partial charge >= 0.3 is 0 Å². The lowest BCUT2D eigenvalue weighted by atomic mass is 10.1. The number of Topliss-reactive ketones (excluding diaryl/α,β-unsaturated/α-hetero) is 1. The van der Waals surface area contributed by atoms with Crippen LogP contribution in [0.2, 0.25) is 0 Å². The van der Waals surface area contributed by atoms with Crippen molar-refractivity contribution in [2.45, 2.75) is 13.3 Å². The number of nitrogens with zero attached hydrogens (tertiary/aromatic N) is 2. The smallest absolute Gasteiger partial charge is 0.293 e. The van der Waals surface area contributed by atoms with E-state index >= 15 is 0 Å². The van der Waals surface area contributed by atoms with Gasteiger partial charge in [0.25, 0.3) is 5.69 Å². The van der Waals surface area contributed by atoms with Gasteiger partial charge in [0, 0.05) is 25.2 Å². The number of nitro groups is 1. The fraction of sp³-hybridized carbons (Fsp3) is 0.316. The fourth-order valence-corrected chi connectivity index (χ4v) is 2.66. The van der Waals surface area contributed by atoms with Gasteiger partial charge in [0.15, 0.2) is 17.3 Å². The molecule has 0 spiro atoms. The molecule has 0 saturated carbocycles. The first-order valence-corrected chi connectivity index (χ1v) is 8.08. The van der Waals surface area contributed by atoms with E-state index in [0.717, 1.165) is 5.56 Å². The van der Waals surface area contributed by atoms with Crippen molar-refractivity contribution in [2.75, 3.05) is 32.7 Å². The average Bonchev–Trinajstić information content (AvgIpc) is 2.65. The summed E-state index contributed by atoms with van der Waals surface area (Å²) in [6.07, 6.45) is 0.669. The molecule has 0 radical (unpaired) electrons. The number of rotatable bonds is 8. The number of anilines is 1. The van der Waals surface area contributed by atoms with Crippen molar-refractivity contribution in [3.8, 4) is 11.5 Å². The predicted molar refractivity (Wildman–Crippen MR) is 99.6 cm³/mol. The van der Waals surface area contributed by atoms with E-state index in [-0.39, 0.29) is 11.5 Å². The van der Waals surface area contributed by atoms with Crippen molar-refractivity contribution in [3.63, 3.8) is 0 Å². The Balaban J connectivity index is 2.18. The topological polar surface area (TPSA) is 81.9 Å². The van der Waals surface area contributed by atoms with E-state index in [4.69, 9.17) is 9.47 Å². The molecule has 0 amide bonds. The number of nitro benzene ring substituents is 1. The first-order chi connectivity index (χ1) is 12.4. The zero-order chi connectivity index (χ0) is 19.3. The van der Waals surface area contributed by atoms with Crippen LogP contribution in [0.3, 0.4) is 0 Å². The Labute approximate surface area is 152 Å². The summed E-state index contributed by atoms with van der Waals surface area (Å²) in [6.45, 7) is 1.95. The van der Waals surface area contributed by atoms with Crippen molar-refractivity contribution in [3.05, 3.63) is 57.6 Å². The van der Waals surface area contributed by atoms with Gasteiger partial charge in [0.1, 0.15) is 5.69 Å². The van der Waals surface area contributed by atoms with Crippen LogP contribution < -0.4 is 14.4 Å². The standard InChI is InChI=1S/C19H22N2O5/c1-13(22)15-6-7-16(17(12-15)21(23)24)20(2)10-9-14-5-8-18(25-3)19(11-14)26-4/h5-8,11-12H,9-10H2,1-4H3. The van der Waals surface area contributed by atoms with E-state index in [9.17, 15) is 14.9 Å². The van der Waals surface area contributed by atoms with E-state index in [1.165, 1.54) is 13.0 Å². The molecule has 0 aromatic heterocycles. The van der Waals surface area contributed by atoms with Crippen LogP contribution in [0.5, 0.6) is 11.5 Å². The van der Waals surface area contributed by atoms with Gasteiger partial charge < -0.3 is 14.4 Å². The highest BCUT2D eigenvalue weighted by Crippen LogP contribution is 2.30. The quantitative estimate of drug-likeness (QED) is 0.408. The molecule has 0 fully saturated rings. The van der Waals surface area contributed by atoms with E-state index < -0.39 is 4.92 Å². The van der Waals surface area contributed by atoms with Gasteiger partial charge in [-0.25, -0.2) is 0 Å². The second-order valence-corrected chi connectivity index (χ2v) is 5.88. The van der Waals surface area contributed by atoms with E-state index in [2.05, 4.69) is 0 Å². The number of hydrogen-bond acceptors (Lipinski definition) is 6. The molecule has 2 aromatic rings. The maximum Gasteiger partial charge on any atom is 0.293 e. The largest absolute Gasteiger partial charge is 0.493 e. The normalized spacial score (nSPS) is 10.3. The maximum absolute atomic E-state index is 11.5. The molecule has 7 heteroatoms. The number of carbonyl (C=O) groups is 1. The number of benzene rings is 2. The van der Waals surface area contributed by atoms with Crippen molar-refractivity contribution in [1.82, 2.24) is 0 Å². The first-order valence-electron chi connectivity index (χ1n) is 8.08. The summed E-state index contributed by atoms with van der Waals surface area (Å²) in [5.41, 5.74) is 1.75. The van der Waals surface area contributed by atoms with Crippen LogP contribution in [0.1, 0.15) is 22.8 Å². The SMILES string of the molecule is COc1ccc(CCN(C)c2ccc(C(C)=O)cc2[N+](=O)[O-])cc1OC. The Hall–Kier alpha value is -3.09. The number of hydrogen-bond donors (Lipinski definition) is 0. The predicted octanol–water partition coefficient (Wildman–Crippen LogP) is 3.49. The highest BCUT2D eigenvalue weighted by Gasteiger charge is 2.19. The molecular formula is C19H22N2O5. The maximum atomic E-state index is 11.5. The third-order valence-electron chi connectivity index (χ3n) is 4.17. The van der Waals surface area contributed by atoms with Crippen molar-refractivity contribution in [1.29, 1.82) is 0 Å².